The average molecular weight is 382 g/mol. The van der Waals surface area contributed by atoms with Crippen LogP contribution in [0.15, 0.2) is 36.5 Å². The Kier molecular flexibility index (Phi) is 7.32. The second-order valence-electron chi connectivity index (χ2n) is 7.79. The molecule has 0 saturated heterocycles. The number of rotatable bonds is 7. The van der Waals surface area contributed by atoms with Crippen LogP contribution >= 0.6 is 0 Å². The predicted octanol–water partition coefficient (Wildman–Crippen LogP) is 5.11. The minimum Gasteiger partial charge on any atom is -0.350 e. The molecule has 0 aliphatic heterocycles. The highest BCUT2D eigenvalue weighted by atomic mass is 16.2. The van der Waals surface area contributed by atoms with Gasteiger partial charge in [-0.25, -0.2) is 0 Å². The van der Waals surface area contributed by atoms with Crippen LogP contribution in [0.1, 0.15) is 91.8 Å². The van der Waals surface area contributed by atoms with Crippen LogP contribution < -0.4 is 10.6 Å². The number of nitrogens with one attached hydrogen (secondary N) is 2. The van der Waals surface area contributed by atoms with Gasteiger partial charge >= 0.3 is 0 Å². The third-order valence-electron chi connectivity index (χ3n) is 4.86. The lowest BCUT2D eigenvalue weighted by molar-refractivity contribution is 0.0939. The molecule has 1 aromatic carbocycles. The molecule has 0 bridgehead atoms. The molecule has 2 rings (SSSR count). The first-order chi connectivity index (χ1) is 13.2. The van der Waals surface area contributed by atoms with Crippen LogP contribution in [0.5, 0.6) is 0 Å². The number of nitrogens with zero attached hydrogens (tertiary/aromatic N) is 1. The zero-order valence-electron chi connectivity index (χ0n) is 17.7. The molecule has 1 heterocycles. The second kappa shape index (κ2) is 9.49. The van der Waals surface area contributed by atoms with Crippen LogP contribution in [0.2, 0.25) is 0 Å². The summed E-state index contributed by atoms with van der Waals surface area (Å²) in [5, 5.41) is 5.95. The summed E-state index contributed by atoms with van der Waals surface area (Å²) in [5.41, 5.74) is 3.68. The van der Waals surface area contributed by atoms with Crippen molar-refractivity contribution in [3.63, 3.8) is 0 Å². The van der Waals surface area contributed by atoms with E-state index in [0.29, 0.717) is 5.56 Å². The Balaban J connectivity index is 2.31. The highest BCUT2D eigenvalue weighted by Gasteiger charge is 2.18. The Hall–Kier alpha value is -2.69. The van der Waals surface area contributed by atoms with Crippen molar-refractivity contribution in [2.75, 3.05) is 5.32 Å². The fraction of sp³-hybridized carbons (Fsp3) is 0.435. The van der Waals surface area contributed by atoms with Gasteiger partial charge in [-0.3, -0.25) is 14.6 Å². The smallest absolute Gasteiger partial charge is 0.274 e. The van der Waals surface area contributed by atoms with Gasteiger partial charge in [0.25, 0.3) is 11.8 Å². The number of aromatic nitrogens is 1. The fourth-order valence-electron chi connectivity index (χ4n) is 2.98. The van der Waals surface area contributed by atoms with E-state index < -0.39 is 0 Å². The highest BCUT2D eigenvalue weighted by Crippen LogP contribution is 2.32. The van der Waals surface area contributed by atoms with Gasteiger partial charge in [0.2, 0.25) is 0 Å². The fourth-order valence-corrected chi connectivity index (χ4v) is 2.98. The van der Waals surface area contributed by atoms with Crippen LogP contribution in [0.25, 0.3) is 0 Å². The predicted molar refractivity (Wildman–Crippen MR) is 114 cm³/mol. The Labute approximate surface area is 168 Å². The molecule has 0 saturated carbocycles. The highest BCUT2D eigenvalue weighted by molar-refractivity contribution is 6.05. The monoisotopic (exact) mass is 381 g/mol. The number of para-hydroxylation sites is 1. The first-order valence-corrected chi connectivity index (χ1v) is 9.95. The lowest BCUT2D eigenvalue weighted by Crippen LogP contribution is -2.32. The van der Waals surface area contributed by atoms with Gasteiger partial charge in [-0.1, -0.05) is 52.8 Å². The molecule has 1 unspecified atom stereocenters. The van der Waals surface area contributed by atoms with Gasteiger partial charge in [-0.2, -0.15) is 0 Å². The molecule has 0 fully saturated rings. The van der Waals surface area contributed by atoms with Gasteiger partial charge in [0.1, 0.15) is 5.69 Å². The van der Waals surface area contributed by atoms with E-state index >= 15 is 0 Å². The number of anilines is 1. The third kappa shape index (κ3) is 5.18. The topological polar surface area (TPSA) is 71.1 Å². The third-order valence-corrected chi connectivity index (χ3v) is 4.86. The van der Waals surface area contributed by atoms with Crippen LogP contribution in [-0.2, 0) is 0 Å². The molecular formula is C23H31N3O2. The summed E-state index contributed by atoms with van der Waals surface area (Å²) < 4.78 is 0. The quantitative estimate of drug-likeness (QED) is 0.700. The molecule has 2 amide bonds. The van der Waals surface area contributed by atoms with Crippen molar-refractivity contribution in [2.24, 2.45) is 0 Å². The number of amides is 2. The maximum atomic E-state index is 12.9. The van der Waals surface area contributed by atoms with Crippen LogP contribution in [0.4, 0.5) is 5.69 Å². The van der Waals surface area contributed by atoms with Gasteiger partial charge in [0.05, 0.1) is 0 Å². The summed E-state index contributed by atoms with van der Waals surface area (Å²) in [6.45, 7) is 12.4. The van der Waals surface area contributed by atoms with E-state index in [1.165, 1.54) is 6.20 Å². The van der Waals surface area contributed by atoms with E-state index in [2.05, 4.69) is 43.3 Å². The largest absolute Gasteiger partial charge is 0.350 e. The summed E-state index contributed by atoms with van der Waals surface area (Å²) in [7, 11) is 0. The molecule has 150 valence electrons. The Morgan fingerprint density at radius 1 is 0.964 bits per heavy atom. The maximum absolute atomic E-state index is 12.9. The van der Waals surface area contributed by atoms with E-state index in [0.717, 1.165) is 23.2 Å². The molecule has 2 N–H and O–H groups in total. The van der Waals surface area contributed by atoms with Crippen molar-refractivity contribution >= 4 is 17.5 Å². The Morgan fingerprint density at radius 2 is 1.57 bits per heavy atom. The molecule has 0 radical (unpaired) electrons. The summed E-state index contributed by atoms with van der Waals surface area (Å²) in [6, 6.07) is 9.34. The second-order valence-corrected chi connectivity index (χ2v) is 7.79. The normalized spacial score (nSPS) is 12.1. The van der Waals surface area contributed by atoms with Crippen molar-refractivity contribution < 1.29 is 9.59 Å². The molecule has 5 heteroatoms. The van der Waals surface area contributed by atoms with Crippen molar-refractivity contribution in [2.45, 2.75) is 65.8 Å². The molecule has 0 spiro atoms. The van der Waals surface area contributed by atoms with E-state index in [1.54, 1.807) is 12.1 Å². The van der Waals surface area contributed by atoms with E-state index in [-0.39, 0.29) is 35.4 Å². The number of carbonyl (C=O) groups excluding carboxylic acids is 2. The van der Waals surface area contributed by atoms with Crippen LogP contribution in [0, 0.1) is 0 Å². The maximum Gasteiger partial charge on any atom is 0.274 e. The van der Waals surface area contributed by atoms with E-state index in [1.807, 2.05) is 32.0 Å². The van der Waals surface area contributed by atoms with Gasteiger partial charge in [-0.05, 0) is 48.4 Å². The number of carbonyl (C=O) groups is 2. The molecule has 1 aromatic heterocycles. The van der Waals surface area contributed by atoms with E-state index in [4.69, 9.17) is 0 Å². The van der Waals surface area contributed by atoms with Gasteiger partial charge in [0, 0.05) is 23.5 Å². The molecule has 2 aromatic rings. The number of pyridine rings is 1. The van der Waals surface area contributed by atoms with Gasteiger partial charge in [0.15, 0.2) is 0 Å². The zero-order chi connectivity index (χ0) is 20.8. The van der Waals surface area contributed by atoms with Crippen molar-refractivity contribution in [3.8, 4) is 0 Å². The van der Waals surface area contributed by atoms with Crippen LogP contribution in [0.3, 0.4) is 0 Å². The molecule has 0 aliphatic rings. The molecule has 0 aliphatic carbocycles. The van der Waals surface area contributed by atoms with Gasteiger partial charge < -0.3 is 10.6 Å². The summed E-state index contributed by atoms with van der Waals surface area (Å²) in [4.78, 5) is 29.4. The Morgan fingerprint density at radius 3 is 2.11 bits per heavy atom. The molecule has 1 atom stereocenters. The minimum atomic E-state index is -0.312. The van der Waals surface area contributed by atoms with Crippen molar-refractivity contribution in [1.82, 2.24) is 10.3 Å². The lowest BCUT2D eigenvalue weighted by Gasteiger charge is -2.20. The van der Waals surface area contributed by atoms with E-state index in [9.17, 15) is 9.59 Å². The SMILES string of the molecule is CCC(C)NC(=O)c1ccnc(C(=O)Nc2c(C(C)C)cccc2C(C)C)c1. The number of hydrogen-bond acceptors (Lipinski definition) is 3. The standard InChI is InChI=1S/C23H31N3O2/c1-7-16(6)25-22(27)17-11-12-24-20(13-17)23(28)26-21-18(14(2)3)9-8-10-19(21)15(4)5/h8-16H,7H2,1-6H3,(H,25,27)(H,26,28). The molecular weight excluding hydrogens is 350 g/mol. The summed E-state index contributed by atoms with van der Waals surface area (Å²) >= 11 is 0. The number of hydrogen-bond donors (Lipinski definition) is 2. The molecule has 5 nitrogen and oxygen atoms in total. The zero-order valence-corrected chi connectivity index (χ0v) is 17.7. The summed E-state index contributed by atoms with van der Waals surface area (Å²) in [5.74, 6) is 0.0358. The van der Waals surface area contributed by atoms with Crippen LogP contribution in [-0.4, -0.2) is 22.8 Å². The van der Waals surface area contributed by atoms with Crippen molar-refractivity contribution in [3.05, 3.63) is 58.9 Å². The minimum absolute atomic E-state index is 0.0736. The lowest BCUT2D eigenvalue weighted by atomic mass is 9.92. The van der Waals surface area contributed by atoms with Crippen molar-refractivity contribution in [1.29, 1.82) is 0 Å². The molecule has 28 heavy (non-hydrogen) atoms. The summed E-state index contributed by atoms with van der Waals surface area (Å²) in [6.07, 6.45) is 2.34. The first kappa shape index (κ1) is 21.6. The first-order valence-electron chi connectivity index (χ1n) is 9.95. The Bertz CT molecular complexity index is 817. The number of benzene rings is 1. The van der Waals surface area contributed by atoms with Gasteiger partial charge in [-0.15, -0.1) is 0 Å². The average Bonchev–Trinajstić information content (AvgIpc) is 2.67.